The highest BCUT2D eigenvalue weighted by molar-refractivity contribution is 5.61. The van der Waals surface area contributed by atoms with E-state index in [0.717, 1.165) is 31.6 Å². The van der Waals surface area contributed by atoms with Gasteiger partial charge in [-0.15, -0.1) is 0 Å². The number of nitrogens with zero attached hydrogens (tertiary/aromatic N) is 1. The Hall–Kier alpha value is -1.29. The maximum atomic E-state index is 9.65. The summed E-state index contributed by atoms with van der Waals surface area (Å²) in [7, 11) is 0. The molecule has 1 aliphatic carbocycles. The van der Waals surface area contributed by atoms with Crippen LogP contribution in [0, 0.1) is 5.92 Å². The van der Waals surface area contributed by atoms with E-state index in [2.05, 4.69) is 17.2 Å². The van der Waals surface area contributed by atoms with Crippen molar-refractivity contribution in [1.82, 2.24) is 4.98 Å². The van der Waals surface area contributed by atoms with Crippen molar-refractivity contribution in [1.29, 1.82) is 0 Å². The minimum absolute atomic E-state index is 0.135. The van der Waals surface area contributed by atoms with Crippen LogP contribution >= 0.6 is 0 Å². The fraction of sp³-hybridized carbons (Fsp3) is 0.615. The molecule has 1 saturated carbocycles. The van der Waals surface area contributed by atoms with E-state index in [-0.39, 0.29) is 12.1 Å². The molecule has 94 valence electrons. The summed E-state index contributed by atoms with van der Waals surface area (Å²) < 4.78 is 0. The van der Waals surface area contributed by atoms with Gasteiger partial charge in [0.05, 0.1) is 17.8 Å². The first-order valence-electron chi connectivity index (χ1n) is 6.25. The molecule has 4 nitrogen and oxygen atoms in total. The lowest BCUT2D eigenvalue weighted by atomic mass is 9.77. The highest BCUT2D eigenvalue weighted by Gasteiger charge is 2.34. The molecule has 0 atom stereocenters. The lowest BCUT2D eigenvalue weighted by molar-refractivity contribution is 0.155. The zero-order valence-corrected chi connectivity index (χ0v) is 10.3. The largest absolute Gasteiger partial charge is 0.396 e. The predicted molar refractivity (Wildman–Crippen MR) is 69.7 cm³/mol. The molecule has 4 N–H and O–H groups in total. The van der Waals surface area contributed by atoms with Crippen LogP contribution in [0.25, 0.3) is 0 Å². The van der Waals surface area contributed by atoms with Crippen LogP contribution in [0.1, 0.15) is 32.6 Å². The summed E-state index contributed by atoms with van der Waals surface area (Å²) in [5.41, 5.74) is 6.27. The number of nitrogens with one attached hydrogen (secondary N) is 1. The molecule has 1 heterocycles. The first kappa shape index (κ1) is 12.2. The van der Waals surface area contributed by atoms with Gasteiger partial charge in [0.1, 0.15) is 5.82 Å². The topological polar surface area (TPSA) is 71.2 Å². The number of anilines is 2. The van der Waals surface area contributed by atoms with Crippen LogP contribution < -0.4 is 11.1 Å². The average Bonchev–Trinajstić information content (AvgIpc) is 2.35. The lowest BCUT2D eigenvalue weighted by Crippen LogP contribution is -2.45. The van der Waals surface area contributed by atoms with Crippen molar-refractivity contribution in [3.05, 3.63) is 18.3 Å². The van der Waals surface area contributed by atoms with Gasteiger partial charge in [0.2, 0.25) is 0 Å². The molecule has 0 radical (unpaired) electrons. The summed E-state index contributed by atoms with van der Waals surface area (Å²) in [5.74, 6) is 1.44. The molecule has 1 aromatic rings. The zero-order chi connectivity index (χ0) is 12.3. The molecule has 0 amide bonds. The number of rotatable bonds is 3. The van der Waals surface area contributed by atoms with Gasteiger partial charge in [-0.25, -0.2) is 4.98 Å². The zero-order valence-electron chi connectivity index (χ0n) is 10.3. The van der Waals surface area contributed by atoms with Crippen molar-refractivity contribution in [3.8, 4) is 0 Å². The van der Waals surface area contributed by atoms with Gasteiger partial charge < -0.3 is 16.2 Å². The molecule has 2 rings (SSSR count). The second-order valence-electron chi connectivity index (χ2n) is 5.19. The Morgan fingerprint density at radius 1 is 1.53 bits per heavy atom. The summed E-state index contributed by atoms with van der Waals surface area (Å²) in [6, 6.07) is 3.64. The second-order valence-corrected chi connectivity index (χ2v) is 5.19. The number of nitrogens with two attached hydrogens (primary N) is 1. The van der Waals surface area contributed by atoms with Crippen LogP contribution in [-0.2, 0) is 0 Å². The first-order valence-corrected chi connectivity index (χ1v) is 6.25. The van der Waals surface area contributed by atoms with E-state index in [9.17, 15) is 5.11 Å². The van der Waals surface area contributed by atoms with Gasteiger partial charge in [-0.2, -0.15) is 0 Å². The predicted octanol–water partition coefficient (Wildman–Crippen LogP) is 2.02. The Morgan fingerprint density at radius 2 is 2.24 bits per heavy atom. The van der Waals surface area contributed by atoms with Crippen LogP contribution in [0.15, 0.2) is 18.3 Å². The van der Waals surface area contributed by atoms with Gasteiger partial charge in [-0.05, 0) is 43.7 Å². The minimum Gasteiger partial charge on any atom is -0.396 e. The standard InChI is InChI=1S/C13H21N3O/c1-10-4-6-13(9-17,7-5-10)16-12-11(14)3-2-8-15-12/h2-3,8,10,17H,4-7,9,14H2,1H3,(H,15,16). The van der Waals surface area contributed by atoms with Gasteiger partial charge in [0, 0.05) is 6.20 Å². The number of aromatic nitrogens is 1. The first-order chi connectivity index (χ1) is 8.15. The Morgan fingerprint density at radius 3 is 2.82 bits per heavy atom. The summed E-state index contributed by atoms with van der Waals surface area (Å²) in [6.45, 7) is 2.39. The third-order valence-electron chi connectivity index (χ3n) is 3.76. The van der Waals surface area contributed by atoms with Crippen molar-refractivity contribution in [2.75, 3.05) is 17.7 Å². The van der Waals surface area contributed by atoms with Crippen molar-refractivity contribution in [2.24, 2.45) is 5.92 Å². The van der Waals surface area contributed by atoms with E-state index in [0.29, 0.717) is 11.5 Å². The van der Waals surface area contributed by atoms with Gasteiger partial charge >= 0.3 is 0 Å². The summed E-state index contributed by atoms with van der Waals surface area (Å²) >= 11 is 0. The van der Waals surface area contributed by atoms with E-state index in [1.807, 2.05) is 12.1 Å². The second kappa shape index (κ2) is 4.92. The number of hydrogen-bond donors (Lipinski definition) is 3. The van der Waals surface area contributed by atoms with E-state index < -0.39 is 0 Å². The Balaban J connectivity index is 2.12. The molecule has 17 heavy (non-hydrogen) atoms. The molecule has 0 aromatic carbocycles. The third-order valence-corrected chi connectivity index (χ3v) is 3.76. The van der Waals surface area contributed by atoms with Crippen LogP contribution in [0.4, 0.5) is 11.5 Å². The van der Waals surface area contributed by atoms with Crippen molar-refractivity contribution < 1.29 is 5.11 Å². The maximum absolute atomic E-state index is 9.65. The highest BCUT2D eigenvalue weighted by Crippen LogP contribution is 2.34. The van der Waals surface area contributed by atoms with Crippen LogP contribution in [0.5, 0.6) is 0 Å². The molecular weight excluding hydrogens is 214 g/mol. The summed E-state index contributed by atoms with van der Waals surface area (Å²) in [5, 5.41) is 13.0. The Labute approximate surface area is 102 Å². The fourth-order valence-electron chi connectivity index (χ4n) is 2.41. The SMILES string of the molecule is CC1CCC(CO)(Nc2ncccc2N)CC1. The molecule has 0 unspecified atom stereocenters. The quantitative estimate of drug-likeness (QED) is 0.749. The molecule has 1 aliphatic rings. The van der Waals surface area contributed by atoms with E-state index in [4.69, 9.17) is 5.73 Å². The monoisotopic (exact) mass is 235 g/mol. The van der Waals surface area contributed by atoms with E-state index in [1.165, 1.54) is 0 Å². The molecular formula is C13H21N3O. The minimum atomic E-state index is -0.241. The normalized spacial score (nSPS) is 28.9. The van der Waals surface area contributed by atoms with Crippen molar-refractivity contribution in [2.45, 2.75) is 38.1 Å². The number of nitrogen functional groups attached to an aromatic ring is 1. The van der Waals surface area contributed by atoms with Gasteiger partial charge in [0.15, 0.2) is 0 Å². The van der Waals surface area contributed by atoms with Gasteiger partial charge in [-0.3, -0.25) is 0 Å². The number of aliphatic hydroxyl groups is 1. The molecule has 0 bridgehead atoms. The summed E-state index contributed by atoms with van der Waals surface area (Å²) in [4.78, 5) is 4.24. The number of aliphatic hydroxyl groups excluding tert-OH is 1. The molecule has 4 heteroatoms. The van der Waals surface area contributed by atoms with Gasteiger partial charge in [-0.1, -0.05) is 6.92 Å². The van der Waals surface area contributed by atoms with Crippen LogP contribution in [0.2, 0.25) is 0 Å². The Kier molecular flexibility index (Phi) is 3.52. The van der Waals surface area contributed by atoms with Crippen LogP contribution in [-0.4, -0.2) is 22.2 Å². The lowest BCUT2D eigenvalue weighted by Gasteiger charge is -2.39. The molecule has 0 aliphatic heterocycles. The van der Waals surface area contributed by atoms with Crippen LogP contribution in [0.3, 0.4) is 0 Å². The highest BCUT2D eigenvalue weighted by atomic mass is 16.3. The number of hydrogen-bond acceptors (Lipinski definition) is 4. The van der Waals surface area contributed by atoms with E-state index in [1.54, 1.807) is 6.20 Å². The van der Waals surface area contributed by atoms with Crippen molar-refractivity contribution >= 4 is 11.5 Å². The molecule has 0 spiro atoms. The molecule has 1 fully saturated rings. The van der Waals surface area contributed by atoms with Gasteiger partial charge in [0.25, 0.3) is 0 Å². The third kappa shape index (κ3) is 2.69. The average molecular weight is 235 g/mol. The van der Waals surface area contributed by atoms with Crippen molar-refractivity contribution in [3.63, 3.8) is 0 Å². The number of pyridine rings is 1. The Bertz CT molecular complexity index is 373. The molecule has 1 aromatic heterocycles. The molecule has 0 saturated heterocycles. The van der Waals surface area contributed by atoms with E-state index >= 15 is 0 Å². The maximum Gasteiger partial charge on any atom is 0.149 e. The summed E-state index contributed by atoms with van der Waals surface area (Å²) in [6.07, 6.45) is 5.94. The fourth-order valence-corrected chi connectivity index (χ4v) is 2.41. The smallest absolute Gasteiger partial charge is 0.149 e.